The predicted octanol–water partition coefficient (Wildman–Crippen LogP) is 4.75. The van der Waals surface area contributed by atoms with E-state index in [0.717, 1.165) is 29.8 Å². The maximum atomic E-state index is 13.9. The van der Waals surface area contributed by atoms with E-state index in [-0.39, 0.29) is 5.82 Å². The minimum absolute atomic E-state index is 0.171. The van der Waals surface area contributed by atoms with Crippen LogP contribution in [0.3, 0.4) is 0 Å². The molecule has 5 heteroatoms. The molecule has 108 valence electrons. The number of aryl methyl sites for hydroxylation is 1. The molecule has 2 aromatic rings. The molecule has 1 aliphatic rings. The summed E-state index contributed by atoms with van der Waals surface area (Å²) in [6.07, 6.45) is 4.49. The van der Waals surface area contributed by atoms with Crippen molar-refractivity contribution in [3.05, 3.63) is 27.3 Å². The molecule has 0 saturated heterocycles. The Morgan fingerprint density at radius 1 is 1.45 bits per heavy atom. The van der Waals surface area contributed by atoms with Gasteiger partial charge in [0.2, 0.25) is 0 Å². The summed E-state index contributed by atoms with van der Waals surface area (Å²) in [4.78, 5) is 4.65. The van der Waals surface area contributed by atoms with Crippen LogP contribution in [0.5, 0.6) is 0 Å². The molecule has 1 saturated carbocycles. The summed E-state index contributed by atoms with van der Waals surface area (Å²) in [5, 5.41) is 0. The highest BCUT2D eigenvalue weighted by atomic mass is 127. The molecular formula is C15H17ClFIN2. The Balaban J connectivity index is 2.10. The molecule has 1 aromatic heterocycles. The van der Waals surface area contributed by atoms with Crippen molar-refractivity contribution in [2.45, 2.75) is 39.2 Å². The van der Waals surface area contributed by atoms with Crippen molar-refractivity contribution in [1.29, 1.82) is 0 Å². The summed E-state index contributed by atoms with van der Waals surface area (Å²) in [6, 6.07) is 3.44. The molecule has 0 amide bonds. The highest BCUT2D eigenvalue weighted by Crippen LogP contribution is 2.42. The van der Waals surface area contributed by atoms with E-state index in [1.54, 1.807) is 6.07 Å². The first-order chi connectivity index (χ1) is 9.52. The van der Waals surface area contributed by atoms with Gasteiger partial charge in [0.1, 0.15) is 11.6 Å². The number of alkyl halides is 1. The number of rotatable bonds is 4. The molecule has 0 bridgehead atoms. The summed E-state index contributed by atoms with van der Waals surface area (Å²) >= 11 is 7.90. The van der Waals surface area contributed by atoms with Gasteiger partial charge >= 0.3 is 0 Å². The Hall–Kier alpha value is -0.360. The fourth-order valence-corrected chi connectivity index (χ4v) is 3.56. The number of nitrogens with zero attached hydrogens (tertiary/aromatic N) is 2. The van der Waals surface area contributed by atoms with Gasteiger partial charge in [-0.15, -0.1) is 11.6 Å². The van der Waals surface area contributed by atoms with Crippen LogP contribution in [-0.4, -0.2) is 15.4 Å². The van der Waals surface area contributed by atoms with Gasteiger partial charge < -0.3 is 4.57 Å². The van der Waals surface area contributed by atoms with Gasteiger partial charge in [0, 0.05) is 24.9 Å². The largest absolute Gasteiger partial charge is 0.327 e. The summed E-state index contributed by atoms with van der Waals surface area (Å²) < 4.78 is 16.7. The Labute approximate surface area is 136 Å². The third-order valence-electron chi connectivity index (χ3n) is 4.29. The van der Waals surface area contributed by atoms with Crippen molar-refractivity contribution < 1.29 is 4.39 Å². The molecule has 0 N–H and O–H groups in total. The van der Waals surface area contributed by atoms with E-state index in [1.165, 1.54) is 19.3 Å². The van der Waals surface area contributed by atoms with Crippen LogP contribution < -0.4 is 0 Å². The summed E-state index contributed by atoms with van der Waals surface area (Å²) in [5.74, 6) is 1.35. The Kier molecular flexibility index (Phi) is 3.97. The normalized spacial score (nSPS) is 17.4. The average molecular weight is 407 g/mol. The average Bonchev–Trinajstić information content (AvgIpc) is 2.67. The molecule has 20 heavy (non-hydrogen) atoms. The fourth-order valence-electron chi connectivity index (χ4n) is 2.94. The molecule has 0 unspecified atom stereocenters. The van der Waals surface area contributed by atoms with Gasteiger partial charge in [-0.05, 0) is 46.9 Å². The van der Waals surface area contributed by atoms with Crippen molar-refractivity contribution in [3.63, 3.8) is 0 Å². The topological polar surface area (TPSA) is 17.8 Å². The number of aromatic nitrogens is 2. The van der Waals surface area contributed by atoms with Crippen LogP contribution >= 0.6 is 34.2 Å². The van der Waals surface area contributed by atoms with Crippen LogP contribution in [0.4, 0.5) is 4.39 Å². The van der Waals surface area contributed by atoms with E-state index in [9.17, 15) is 4.39 Å². The molecule has 1 heterocycles. The second kappa shape index (κ2) is 5.44. The minimum Gasteiger partial charge on any atom is -0.327 e. The molecule has 0 aliphatic heterocycles. The molecule has 0 spiro atoms. The Bertz CT molecular complexity index is 649. The first kappa shape index (κ1) is 14.6. The lowest BCUT2D eigenvalue weighted by molar-refractivity contribution is 0.132. The second-order valence-electron chi connectivity index (χ2n) is 5.97. The van der Waals surface area contributed by atoms with Gasteiger partial charge in [0.15, 0.2) is 0 Å². The van der Waals surface area contributed by atoms with Gasteiger partial charge in [0.05, 0.1) is 14.6 Å². The Morgan fingerprint density at radius 2 is 2.20 bits per heavy atom. The summed E-state index contributed by atoms with van der Waals surface area (Å²) in [5.41, 5.74) is 2.10. The zero-order valence-corrected chi connectivity index (χ0v) is 14.3. The number of hydrogen-bond acceptors (Lipinski definition) is 1. The van der Waals surface area contributed by atoms with Crippen LogP contribution in [0.25, 0.3) is 11.0 Å². The van der Waals surface area contributed by atoms with Crippen molar-refractivity contribution in [2.24, 2.45) is 5.41 Å². The lowest BCUT2D eigenvalue weighted by Crippen LogP contribution is -2.31. The standard InChI is InChI=1S/C15H17ClFIN2/c1-15(4-2-5-15)9-20-13-7-10(17)11(18)8-12(13)19-14(20)3-6-16/h7-8H,2-6,9H2,1H3. The molecular weight excluding hydrogens is 390 g/mol. The molecule has 3 rings (SSSR count). The lowest BCUT2D eigenvalue weighted by atomic mass is 9.70. The maximum absolute atomic E-state index is 13.9. The fraction of sp³-hybridized carbons (Fsp3) is 0.533. The van der Waals surface area contributed by atoms with E-state index in [2.05, 4.69) is 16.5 Å². The molecule has 0 radical (unpaired) electrons. The third-order valence-corrected chi connectivity index (χ3v) is 5.30. The third kappa shape index (κ3) is 2.56. The van der Waals surface area contributed by atoms with E-state index in [0.29, 0.717) is 14.9 Å². The van der Waals surface area contributed by atoms with Crippen LogP contribution in [0, 0.1) is 14.8 Å². The van der Waals surface area contributed by atoms with Crippen molar-refractivity contribution in [1.82, 2.24) is 9.55 Å². The van der Waals surface area contributed by atoms with Crippen LogP contribution in [0.1, 0.15) is 32.0 Å². The minimum atomic E-state index is -0.171. The first-order valence-electron chi connectivity index (χ1n) is 6.92. The molecule has 1 fully saturated rings. The lowest BCUT2D eigenvalue weighted by Gasteiger charge is -2.39. The van der Waals surface area contributed by atoms with Crippen molar-refractivity contribution >= 4 is 45.2 Å². The highest BCUT2D eigenvalue weighted by molar-refractivity contribution is 14.1. The molecule has 1 aliphatic carbocycles. The number of fused-ring (bicyclic) bond motifs is 1. The van der Waals surface area contributed by atoms with Gasteiger partial charge in [-0.2, -0.15) is 0 Å². The van der Waals surface area contributed by atoms with Gasteiger partial charge in [-0.25, -0.2) is 9.37 Å². The van der Waals surface area contributed by atoms with E-state index >= 15 is 0 Å². The zero-order valence-electron chi connectivity index (χ0n) is 11.4. The smallest absolute Gasteiger partial charge is 0.138 e. The van der Waals surface area contributed by atoms with E-state index in [1.807, 2.05) is 28.7 Å². The molecule has 2 nitrogen and oxygen atoms in total. The zero-order chi connectivity index (χ0) is 14.3. The van der Waals surface area contributed by atoms with E-state index in [4.69, 9.17) is 11.6 Å². The maximum Gasteiger partial charge on any atom is 0.138 e. The van der Waals surface area contributed by atoms with Gasteiger partial charge in [0.25, 0.3) is 0 Å². The molecule has 1 aromatic carbocycles. The van der Waals surface area contributed by atoms with Gasteiger partial charge in [-0.1, -0.05) is 13.3 Å². The van der Waals surface area contributed by atoms with E-state index < -0.39 is 0 Å². The SMILES string of the molecule is CC1(Cn2c(CCCl)nc3cc(I)c(F)cc32)CCC1. The van der Waals surface area contributed by atoms with Gasteiger partial charge in [-0.3, -0.25) is 0 Å². The first-order valence-corrected chi connectivity index (χ1v) is 8.54. The second-order valence-corrected chi connectivity index (χ2v) is 7.51. The Morgan fingerprint density at radius 3 is 2.80 bits per heavy atom. The predicted molar refractivity (Wildman–Crippen MR) is 88.8 cm³/mol. The number of halogens is 3. The summed E-state index contributed by atoms with van der Waals surface area (Å²) in [7, 11) is 0. The van der Waals surface area contributed by atoms with Crippen molar-refractivity contribution in [2.75, 3.05) is 5.88 Å². The number of hydrogen-bond donors (Lipinski definition) is 0. The monoisotopic (exact) mass is 406 g/mol. The quantitative estimate of drug-likeness (QED) is 0.529. The van der Waals surface area contributed by atoms with Crippen LogP contribution in [-0.2, 0) is 13.0 Å². The van der Waals surface area contributed by atoms with Crippen molar-refractivity contribution in [3.8, 4) is 0 Å². The number of imidazole rings is 1. The van der Waals surface area contributed by atoms with Crippen LogP contribution in [0.15, 0.2) is 12.1 Å². The number of benzene rings is 1. The highest BCUT2D eigenvalue weighted by Gasteiger charge is 2.33. The molecule has 0 atom stereocenters. The van der Waals surface area contributed by atoms with Crippen LogP contribution in [0.2, 0.25) is 0 Å². The summed E-state index contributed by atoms with van der Waals surface area (Å²) in [6.45, 7) is 3.21.